The minimum absolute atomic E-state index is 0.170. The second-order valence-corrected chi connectivity index (χ2v) is 8.13. The number of hydrogen-bond donors (Lipinski definition) is 1. The number of anilines is 1. The zero-order valence-electron chi connectivity index (χ0n) is 16.4. The molecular weight excluding hydrogens is 394 g/mol. The van der Waals surface area contributed by atoms with Crippen LogP contribution >= 0.6 is 22.7 Å². The summed E-state index contributed by atoms with van der Waals surface area (Å²) in [5.41, 5.74) is 2.30. The van der Waals surface area contributed by atoms with Crippen LogP contribution in [0, 0.1) is 6.92 Å². The standard InChI is InChI=1S/C20H23N3O3S2/c1-5-6-7-17-21-12(2)18(28-17)19(24)23-20-22-15(11-27-20)14-10-13(25-3)8-9-16(14)26-4/h8-11H,5-7H2,1-4H3,(H,22,23,24). The Balaban J connectivity index is 1.78. The van der Waals surface area contributed by atoms with Gasteiger partial charge in [-0.05, 0) is 38.0 Å². The molecule has 148 valence electrons. The smallest absolute Gasteiger partial charge is 0.269 e. The SMILES string of the molecule is CCCCc1nc(C)c(C(=O)Nc2nc(-c3cc(OC)ccc3OC)cs2)s1. The van der Waals surface area contributed by atoms with Gasteiger partial charge in [-0.1, -0.05) is 13.3 Å². The number of benzene rings is 1. The fourth-order valence-electron chi connectivity index (χ4n) is 2.72. The summed E-state index contributed by atoms with van der Waals surface area (Å²) in [6.07, 6.45) is 3.09. The van der Waals surface area contributed by atoms with Crippen LogP contribution in [-0.4, -0.2) is 30.1 Å². The molecule has 2 aromatic heterocycles. The highest BCUT2D eigenvalue weighted by atomic mass is 32.1. The van der Waals surface area contributed by atoms with Gasteiger partial charge in [0, 0.05) is 10.9 Å². The third kappa shape index (κ3) is 4.51. The molecule has 6 nitrogen and oxygen atoms in total. The van der Waals surface area contributed by atoms with Crippen LogP contribution in [0.15, 0.2) is 23.6 Å². The van der Waals surface area contributed by atoms with Gasteiger partial charge >= 0.3 is 0 Å². The summed E-state index contributed by atoms with van der Waals surface area (Å²) < 4.78 is 10.7. The Morgan fingerprint density at radius 1 is 1.21 bits per heavy atom. The first kappa shape index (κ1) is 20.3. The molecule has 1 N–H and O–H groups in total. The molecule has 0 aliphatic rings. The van der Waals surface area contributed by atoms with E-state index < -0.39 is 0 Å². The van der Waals surface area contributed by atoms with Gasteiger partial charge in [-0.15, -0.1) is 22.7 Å². The zero-order valence-corrected chi connectivity index (χ0v) is 18.0. The molecular formula is C20H23N3O3S2. The predicted molar refractivity (Wildman–Crippen MR) is 114 cm³/mol. The van der Waals surface area contributed by atoms with Crippen molar-refractivity contribution in [1.29, 1.82) is 0 Å². The lowest BCUT2D eigenvalue weighted by Crippen LogP contribution is -2.11. The monoisotopic (exact) mass is 417 g/mol. The molecule has 0 aliphatic heterocycles. The maximum absolute atomic E-state index is 12.7. The van der Waals surface area contributed by atoms with Crippen molar-refractivity contribution in [3.05, 3.63) is 39.2 Å². The van der Waals surface area contributed by atoms with Gasteiger partial charge in [0.25, 0.3) is 5.91 Å². The minimum atomic E-state index is -0.170. The Kier molecular flexibility index (Phi) is 6.64. The summed E-state index contributed by atoms with van der Waals surface area (Å²) in [4.78, 5) is 22.4. The molecule has 0 unspecified atom stereocenters. The summed E-state index contributed by atoms with van der Waals surface area (Å²) in [6, 6.07) is 5.54. The quantitative estimate of drug-likeness (QED) is 0.546. The summed E-state index contributed by atoms with van der Waals surface area (Å²) in [5.74, 6) is 1.24. The van der Waals surface area contributed by atoms with E-state index in [1.54, 1.807) is 14.2 Å². The lowest BCUT2D eigenvalue weighted by atomic mass is 10.1. The number of nitrogens with one attached hydrogen (secondary N) is 1. The first-order valence-electron chi connectivity index (χ1n) is 9.01. The van der Waals surface area contributed by atoms with E-state index in [-0.39, 0.29) is 5.91 Å². The number of rotatable bonds is 8. The Hall–Kier alpha value is -2.45. The van der Waals surface area contributed by atoms with Crippen LogP contribution in [0.3, 0.4) is 0 Å². The maximum Gasteiger partial charge on any atom is 0.269 e. The second kappa shape index (κ2) is 9.16. The van der Waals surface area contributed by atoms with Gasteiger partial charge in [-0.25, -0.2) is 9.97 Å². The number of carbonyl (C=O) groups excluding carboxylic acids is 1. The summed E-state index contributed by atoms with van der Waals surface area (Å²) in [5, 5.41) is 6.32. The number of methoxy groups -OCH3 is 2. The molecule has 1 amide bonds. The number of aromatic nitrogens is 2. The summed E-state index contributed by atoms with van der Waals surface area (Å²) >= 11 is 2.83. The number of unbranched alkanes of at least 4 members (excludes halogenated alkanes) is 1. The lowest BCUT2D eigenvalue weighted by molar-refractivity contribution is 0.103. The first-order valence-corrected chi connectivity index (χ1v) is 10.7. The van der Waals surface area contributed by atoms with E-state index in [0.717, 1.165) is 41.2 Å². The van der Waals surface area contributed by atoms with E-state index in [4.69, 9.17) is 9.47 Å². The van der Waals surface area contributed by atoms with Gasteiger partial charge in [0.15, 0.2) is 5.13 Å². The van der Waals surface area contributed by atoms with Crippen molar-refractivity contribution in [2.75, 3.05) is 19.5 Å². The number of thiazole rings is 2. The topological polar surface area (TPSA) is 73.3 Å². The molecule has 0 radical (unpaired) electrons. The second-order valence-electron chi connectivity index (χ2n) is 6.18. The number of carbonyl (C=O) groups is 1. The van der Waals surface area contributed by atoms with Crippen LogP contribution in [0.2, 0.25) is 0 Å². The van der Waals surface area contributed by atoms with E-state index in [1.165, 1.54) is 22.7 Å². The fraction of sp³-hybridized carbons (Fsp3) is 0.350. The first-order chi connectivity index (χ1) is 13.5. The molecule has 0 bridgehead atoms. The predicted octanol–water partition coefficient (Wildman–Crippen LogP) is 5.19. The number of nitrogens with zero attached hydrogens (tertiary/aromatic N) is 2. The van der Waals surface area contributed by atoms with E-state index in [0.29, 0.717) is 21.5 Å². The van der Waals surface area contributed by atoms with E-state index in [9.17, 15) is 4.79 Å². The molecule has 8 heteroatoms. The third-order valence-electron chi connectivity index (χ3n) is 4.20. The molecule has 1 aromatic carbocycles. The normalized spacial score (nSPS) is 10.7. The molecule has 0 spiro atoms. The van der Waals surface area contributed by atoms with Crippen LogP contribution in [0.25, 0.3) is 11.3 Å². The van der Waals surface area contributed by atoms with Gasteiger partial charge in [0.2, 0.25) is 0 Å². The van der Waals surface area contributed by atoms with E-state index >= 15 is 0 Å². The molecule has 2 heterocycles. The van der Waals surface area contributed by atoms with Gasteiger partial charge in [-0.2, -0.15) is 0 Å². The highest BCUT2D eigenvalue weighted by molar-refractivity contribution is 7.15. The Bertz CT molecular complexity index is 966. The van der Waals surface area contributed by atoms with Crippen molar-refractivity contribution in [2.24, 2.45) is 0 Å². The van der Waals surface area contributed by atoms with Crippen molar-refractivity contribution in [3.8, 4) is 22.8 Å². The summed E-state index contributed by atoms with van der Waals surface area (Å²) in [7, 11) is 3.23. The average molecular weight is 418 g/mol. The van der Waals surface area contributed by atoms with Gasteiger partial charge in [0.1, 0.15) is 16.4 Å². The molecule has 0 saturated carbocycles. The molecule has 3 rings (SSSR count). The number of aryl methyl sites for hydroxylation is 2. The largest absolute Gasteiger partial charge is 0.497 e. The van der Waals surface area contributed by atoms with Crippen molar-refractivity contribution in [1.82, 2.24) is 9.97 Å². The molecule has 0 atom stereocenters. The maximum atomic E-state index is 12.7. The van der Waals surface area contributed by atoms with Crippen LogP contribution < -0.4 is 14.8 Å². The molecule has 0 saturated heterocycles. The van der Waals surface area contributed by atoms with Crippen LogP contribution in [-0.2, 0) is 6.42 Å². The van der Waals surface area contributed by atoms with Gasteiger partial charge in [-0.3, -0.25) is 10.1 Å². The van der Waals surface area contributed by atoms with Crippen molar-refractivity contribution >= 4 is 33.7 Å². The van der Waals surface area contributed by atoms with Crippen molar-refractivity contribution in [2.45, 2.75) is 33.1 Å². The minimum Gasteiger partial charge on any atom is -0.497 e. The van der Waals surface area contributed by atoms with Crippen molar-refractivity contribution in [3.63, 3.8) is 0 Å². The third-order valence-corrected chi connectivity index (χ3v) is 6.17. The van der Waals surface area contributed by atoms with E-state index in [2.05, 4.69) is 22.2 Å². The number of hydrogen-bond acceptors (Lipinski definition) is 7. The van der Waals surface area contributed by atoms with Crippen LogP contribution in [0.5, 0.6) is 11.5 Å². The highest BCUT2D eigenvalue weighted by Gasteiger charge is 2.18. The Labute approximate surface area is 172 Å². The molecule has 0 fully saturated rings. The fourth-order valence-corrected chi connectivity index (χ4v) is 4.43. The van der Waals surface area contributed by atoms with Crippen molar-refractivity contribution < 1.29 is 14.3 Å². The van der Waals surface area contributed by atoms with Crippen LogP contribution in [0.4, 0.5) is 5.13 Å². The Morgan fingerprint density at radius 2 is 2.04 bits per heavy atom. The number of ether oxygens (including phenoxy) is 2. The van der Waals surface area contributed by atoms with Gasteiger partial charge < -0.3 is 9.47 Å². The zero-order chi connectivity index (χ0) is 20.1. The molecule has 28 heavy (non-hydrogen) atoms. The molecule has 3 aromatic rings. The summed E-state index contributed by atoms with van der Waals surface area (Å²) in [6.45, 7) is 4.01. The van der Waals surface area contributed by atoms with E-state index in [1.807, 2.05) is 30.5 Å². The average Bonchev–Trinajstić information content (AvgIpc) is 3.32. The van der Waals surface area contributed by atoms with Gasteiger partial charge in [0.05, 0.1) is 30.6 Å². The highest BCUT2D eigenvalue weighted by Crippen LogP contribution is 2.35. The number of amides is 1. The lowest BCUT2D eigenvalue weighted by Gasteiger charge is -2.08. The van der Waals surface area contributed by atoms with Crippen LogP contribution in [0.1, 0.15) is 40.1 Å². The molecule has 0 aliphatic carbocycles. The Morgan fingerprint density at radius 3 is 2.75 bits per heavy atom.